The van der Waals surface area contributed by atoms with Crippen LogP contribution in [0, 0.1) is 6.92 Å². The highest BCUT2D eigenvalue weighted by Gasteiger charge is 2.14. The number of carbonyl (C=O) groups is 1. The van der Waals surface area contributed by atoms with Crippen molar-refractivity contribution in [3.05, 3.63) is 40.4 Å². The van der Waals surface area contributed by atoms with Gasteiger partial charge in [-0.05, 0) is 18.9 Å². The van der Waals surface area contributed by atoms with Gasteiger partial charge in [-0.25, -0.2) is 4.98 Å². The number of aryl methyl sites for hydroxylation is 2. The Morgan fingerprint density at radius 2 is 2.00 bits per heavy atom. The molecule has 0 saturated carbocycles. The number of nitrogens with one attached hydrogen (secondary N) is 1. The Morgan fingerprint density at radius 3 is 2.56 bits per heavy atom. The number of aromatic nitrogens is 1. The first-order chi connectivity index (χ1) is 8.65. The number of benzene rings is 1. The number of carbonyl (C=O) groups excluding carboxylic acids is 1. The minimum Gasteiger partial charge on any atom is -0.354 e. The van der Waals surface area contributed by atoms with Crippen LogP contribution in [0.2, 0.25) is 0 Å². The summed E-state index contributed by atoms with van der Waals surface area (Å²) in [6.07, 6.45) is 1.03. The molecule has 0 bridgehead atoms. The summed E-state index contributed by atoms with van der Waals surface area (Å²) in [6, 6.07) is 8.33. The van der Waals surface area contributed by atoms with Crippen LogP contribution in [0.3, 0.4) is 0 Å². The fraction of sp³-hybridized carbons (Fsp3) is 0.286. The second-order valence-electron chi connectivity index (χ2n) is 4.06. The molecule has 0 aliphatic heterocycles. The molecule has 4 heteroatoms. The Labute approximate surface area is 111 Å². The van der Waals surface area contributed by atoms with Gasteiger partial charge in [0.05, 0.1) is 5.69 Å². The van der Waals surface area contributed by atoms with E-state index in [1.807, 2.05) is 6.92 Å². The zero-order valence-corrected chi connectivity index (χ0v) is 11.6. The average molecular weight is 260 g/mol. The second-order valence-corrected chi connectivity index (χ2v) is 5.06. The van der Waals surface area contributed by atoms with Gasteiger partial charge >= 0.3 is 0 Å². The van der Waals surface area contributed by atoms with E-state index < -0.39 is 0 Å². The molecule has 94 valence electrons. The quantitative estimate of drug-likeness (QED) is 0.921. The van der Waals surface area contributed by atoms with Crippen LogP contribution in [-0.4, -0.2) is 17.9 Å². The summed E-state index contributed by atoms with van der Waals surface area (Å²) in [5, 5.41) is 3.53. The molecule has 0 aliphatic carbocycles. The molecule has 0 spiro atoms. The van der Waals surface area contributed by atoms with Crippen LogP contribution >= 0.6 is 11.3 Å². The average Bonchev–Trinajstić information content (AvgIpc) is 2.80. The molecule has 1 aromatic carbocycles. The third-order valence-corrected chi connectivity index (χ3v) is 4.04. The first kappa shape index (κ1) is 12.8. The standard InChI is InChI=1S/C14H16N2OS/c1-4-10-5-7-11(8-6-10)14-16-9(2)12(18-14)13(17)15-3/h5-8H,4H2,1-3H3,(H,15,17). The van der Waals surface area contributed by atoms with Crippen molar-refractivity contribution in [2.24, 2.45) is 0 Å². The van der Waals surface area contributed by atoms with Crippen LogP contribution in [0.4, 0.5) is 0 Å². The van der Waals surface area contributed by atoms with Crippen LogP contribution in [-0.2, 0) is 6.42 Å². The molecule has 0 atom stereocenters. The molecular formula is C14H16N2OS. The molecule has 0 radical (unpaired) electrons. The summed E-state index contributed by atoms with van der Waals surface area (Å²) in [7, 11) is 1.64. The SMILES string of the molecule is CCc1ccc(-c2nc(C)c(C(=O)NC)s2)cc1. The second kappa shape index (κ2) is 5.31. The fourth-order valence-corrected chi connectivity index (χ4v) is 2.75. The van der Waals surface area contributed by atoms with Crippen LogP contribution in [0.15, 0.2) is 24.3 Å². The van der Waals surface area contributed by atoms with Gasteiger partial charge in [-0.1, -0.05) is 31.2 Å². The topological polar surface area (TPSA) is 42.0 Å². The summed E-state index contributed by atoms with van der Waals surface area (Å²) in [4.78, 5) is 16.8. The molecule has 1 amide bonds. The minimum absolute atomic E-state index is 0.0681. The Bertz CT molecular complexity index is 558. The van der Waals surface area contributed by atoms with Crippen LogP contribution in [0.5, 0.6) is 0 Å². The van der Waals surface area contributed by atoms with Crippen molar-refractivity contribution in [2.75, 3.05) is 7.05 Å². The van der Waals surface area contributed by atoms with Crippen LogP contribution < -0.4 is 5.32 Å². The lowest BCUT2D eigenvalue weighted by atomic mass is 10.1. The molecule has 1 heterocycles. The maximum absolute atomic E-state index is 11.6. The lowest BCUT2D eigenvalue weighted by Gasteiger charge is -1.98. The van der Waals surface area contributed by atoms with Gasteiger partial charge in [0.1, 0.15) is 9.88 Å². The van der Waals surface area contributed by atoms with Gasteiger partial charge in [-0.2, -0.15) is 0 Å². The van der Waals surface area contributed by atoms with Gasteiger partial charge in [0.2, 0.25) is 0 Å². The summed E-state index contributed by atoms with van der Waals surface area (Å²) >= 11 is 1.44. The van der Waals surface area contributed by atoms with Gasteiger partial charge in [0.15, 0.2) is 0 Å². The van der Waals surface area contributed by atoms with Crippen molar-refractivity contribution in [3.63, 3.8) is 0 Å². The molecule has 0 saturated heterocycles. The van der Waals surface area contributed by atoms with Gasteiger partial charge in [-0.3, -0.25) is 4.79 Å². The number of amides is 1. The maximum Gasteiger partial charge on any atom is 0.263 e. The van der Waals surface area contributed by atoms with Crippen LogP contribution in [0.25, 0.3) is 10.6 Å². The highest BCUT2D eigenvalue weighted by Crippen LogP contribution is 2.28. The zero-order valence-electron chi connectivity index (χ0n) is 10.8. The van der Waals surface area contributed by atoms with Crippen molar-refractivity contribution < 1.29 is 4.79 Å². The molecule has 1 N–H and O–H groups in total. The van der Waals surface area contributed by atoms with Crippen molar-refractivity contribution in [2.45, 2.75) is 20.3 Å². The zero-order chi connectivity index (χ0) is 13.1. The number of rotatable bonds is 3. The summed E-state index contributed by atoms with van der Waals surface area (Å²) in [5.74, 6) is -0.0681. The summed E-state index contributed by atoms with van der Waals surface area (Å²) in [6.45, 7) is 4.00. The van der Waals surface area contributed by atoms with E-state index in [1.165, 1.54) is 16.9 Å². The predicted octanol–water partition coefficient (Wildman–Crippen LogP) is 3.04. The largest absolute Gasteiger partial charge is 0.354 e. The molecule has 0 aliphatic rings. The van der Waals surface area contributed by atoms with E-state index >= 15 is 0 Å². The first-order valence-electron chi connectivity index (χ1n) is 5.94. The van der Waals surface area contributed by atoms with Gasteiger partial charge < -0.3 is 5.32 Å². The van der Waals surface area contributed by atoms with Crippen molar-refractivity contribution in [3.8, 4) is 10.6 Å². The van der Waals surface area contributed by atoms with Crippen LogP contribution in [0.1, 0.15) is 27.9 Å². The molecular weight excluding hydrogens is 244 g/mol. The van der Waals surface area contributed by atoms with Gasteiger partial charge in [0, 0.05) is 12.6 Å². The Kier molecular flexibility index (Phi) is 3.77. The number of hydrogen-bond donors (Lipinski definition) is 1. The molecule has 18 heavy (non-hydrogen) atoms. The highest BCUT2D eigenvalue weighted by molar-refractivity contribution is 7.17. The predicted molar refractivity (Wildman–Crippen MR) is 75.1 cm³/mol. The molecule has 0 unspecified atom stereocenters. The van der Waals surface area contributed by atoms with E-state index in [4.69, 9.17) is 0 Å². The fourth-order valence-electron chi connectivity index (χ4n) is 1.73. The van der Waals surface area contributed by atoms with Gasteiger partial charge in [-0.15, -0.1) is 11.3 Å². The Morgan fingerprint density at radius 1 is 1.33 bits per heavy atom. The van der Waals surface area contributed by atoms with Crippen molar-refractivity contribution in [1.29, 1.82) is 0 Å². The monoisotopic (exact) mass is 260 g/mol. The Balaban J connectivity index is 2.36. The molecule has 2 aromatic rings. The minimum atomic E-state index is -0.0681. The molecule has 3 nitrogen and oxygen atoms in total. The first-order valence-corrected chi connectivity index (χ1v) is 6.76. The van der Waals surface area contributed by atoms with E-state index in [-0.39, 0.29) is 5.91 Å². The normalized spacial score (nSPS) is 10.4. The summed E-state index contributed by atoms with van der Waals surface area (Å²) in [5.41, 5.74) is 3.16. The molecule has 1 aromatic heterocycles. The van der Waals surface area contributed by atoms with Crippen molar-refractivity contribution in [1.82, 2.24) is 10.3 Å². The van der Waals surface area contributed by atoms with E-state index in [0.717, 1.165) is 22.7 Å². The number of nitrogens with zero attached hydrogens (tertiary/aromatic N) is 1. The third-order valence-electron chi connectivity index (χ3n) is 2.84. The lowest BCUT2D eigenvalue weighted by Crippen LogP contribution is -2.17. The third kappa shape index (κ3) is 2.43. The van der Waals surface area contributed by atoms with E-state index in [1.54, 1.807) is 7.05 Å². The smallest absolute Gasteiger partial charge is 0.263 e. The molecule has 2 rings (SSSR count). The van der Waals surface area contributed by atoms with E-state index in [9.17, 15) is 4.79 Å². The van der Waals surface area contributed by atoms with Gasteiger partial charge in [0.25, 0.3) is 5.91 Å². The number of hydrogen-bond acceptors (Lipinski definition) is 3. The Hall–Kier alpha value is -1.68. The summed E-state index contributed by atoms with van der Waals surface area (Å²) < 4.78 is 0. The maximum atomic E-state index is 11.6. The van der Waals surface area contributed by atoms with Crippen molar-refractivity contribution >= 4 is 17.2 Å². The van der Waals surface area contributed by atoms with E-state index in [2.05, 4.69) is 41.5 Å². The molecule has 0 fully saturated rings. The van der Waals surface area contributed by atoms with E-state index in [0.29, 0.717) is 4.88 Å². The number of thiazole rings is 1. The highest BCUT2D eigenvalue weighted by atomic mass is 32.1. The lowest BCUT2D eigenvalue weighted by molar-refractivity contribution is 0.0966.